The van der Waals surface area contributed by atoms with Crippen molar-refractivity contribution < 1.29 is 14.3 Å². The fourth-order valence-corrected chi connectivity index (χ4v) is 3.83. The van der Waals surface area contributed by atoms with E-state index in [2.05, 4.69) is 16.0 Å². The summed E-state index contributed by atoms with van der Waals surface area (Å²) < 4.78 is 4.96. The van der Waals surface area contributed by atoms with E-state index >= 15 is 0 Å². The van der Waals surface area contributed by atoms with Crippen molar-refractivity contribution in [2.24, 2.45) is 0 Å². The first-order valence-electron chi connectivity index (χ1n) is 10.4. The van der Waals surface area contributed by atoms with Gasteiger partial charge in [0.15, 0.2) is 5.11 Å². The fourth-order valence-electron chi connectivity index (χ4n) is 2.84. The summed E-state index contributed by atoms with van der Waals surface area (Å²) in [6, 6.07) is 22.3. The van der Waals surface area contributed by atoms with Gasteiger partial charge in [-0.25, -0.2) is 4.79 Å². The van der Waals surface area contributed by atoms with Gasteiger partial charge in [0.25, 0.3) is 0 Å². The minimum Gasteiger partial charge on any atom is -0.462 e. The summed E-state index contributed by atoms with van der Waals surface area (Å²) in [7, 11) is 0. The van der Waals surface area contributed by atoms with Crippen LogP contribution in [0, 0.1) is 6.92 Å². The number of amides is 1. The van der Waals surface area contributed by atoms with Gasteiger partial charge in [-0.05, 0) is 80.7 Å². The number of benzene rings is 3. The van der Waals surface area contributed by atoms with Crippen LogP contribution in [-0.4, -0.2) is 29.3 Å². The number of rotatable bonds is 8. The lowest BCUT2D eigenvalue weighted by Crippen LogP contribution is -2.19. The zero-order valence-electron chi connectivity index (χ0n) is 18.4. The minimum absolute atomic E-state index is 0.140. The Hall–Kier alpha value is -3.36. The van der Waals surface area contributed by atoms with Gasteiger partial charge in [0.1, 0.15) is 0 Å². The van der Waals surface area contributed by atoms with E-state index in [1.54, 1.807) is 31.2 Å². The van der Waals surface area contributed by atoms with Crippen LogP contribution in [0.2, 0.25) is 0 Å². The predicted octanol–water partition coefficient (Wildman–Crippen LogP) is 5.71. The number of esters is 1. The molecule has 0 heterocycles. The lowest BCUT2D eigenvalue weighted by Gasteiger charge is -2.12. The zero-order chi connectivity index (χ0) is 23.6. The van der Waals surface area contributed by atoms with E-state index < -0.39 is 0 Å². The number of aryl methyl sites for hydroxylation is 1. The molecule has 0 bridgehead atoms. The van der Waals surface area contributed by atoms with Crippen molar-refractivity contribution in [3.8, 4) is 0 Å². The van der Waals surface area contributed by atoms with Gasteiger partial charge in [0.05, 0.1) is 17.9 Å². The average molecular weight is 480 g/mol. The topological polar surface area (TPSA) is 79.5 Å². The van der Waals surface area contributed by atoms with Crippen molar-refractivity contribution in [1.29, 1.82) is 0 Å². The monoisotopic (exact) mass is 479 g/mol. The molecule has 0 atom stereocenters. The molecule has 3 rings (SSSR count). The van der Waals surface area contributed by atoms with Gasteiger partial charge < -0.3 is 20.7 Å². The van der Waals surface area contributed by atoms with Crippen LogP contribution in [0.4, 0.5) is 17.1 Å². The van der Waals surface area contributed by atoms with E-state index in [4.69, 9.17) is 17.0 Å². The van der Waals surface area contributed by atoms with Crippen LogP contribution >= 0.6 is 24.0 Å². The van der Waals surface area contributed by atoms with Crippen LogP contribution in [0.25, 0.3) is 0 Å². The van der Waals surface area contributed by atoms with Crippen LogP contribution in [-0.2, 0) is 9.53 Å². The van der Waals surface area contributed by atoms with Gasteiger partial charge in [-0.3, -0.25) is 4.79 Å². The molecule has 33 heavy (non-hydrogen) atoms. The van der Waals surface area contributed by atoms with Crippen molar-refractivity contribution in [3.05, 3.63) is 83.9 Å². The largest absolute Gasteiger partial charge is 0.462 e. The third kappa shape index (κ3) is 7.93. The molecule has 3 aromatic rings. The van der Waals surface area contributed by atoms with E-state index in [1.807, 2.05) is 55.5 Å². The van der Waals surface area contributed by atoms with Crippen molar-refractivity contribution in [1.82, 2.24) is 0 Å². The molecule has 0 aliphatic heterocycles. The number of thiocarbonyl (C=S) groups is 1. The van der Waals surface area contributed by atoms with Crippen LogP contribution < -0.4 is 16.0 Å². The van der Waals surface area contributed by atoms with E-state index in [-0.39, 0.29) is 17.6 Å². The van der Waals surface area contributed by atoms with Crippen LogP contribution in [0.3, 0.4) is 0 Å². The molecule has 3 N–H and O–H groups in total. The first kappa shape index (κ1) is 24.3. The maximum absolute atomic E-state index is 12.3. The lowest BCUT2D eigenvalue weighted by atomic mass is 10.2. The molecule has 0 fully saturated rings. The third-order valence-electron chi connectivity index (χ3n) is 4.45. The SMILES string of the molecule is CCOC(=O)c1ccc(NC(=O)CSc2cccc(NC(=S)Nc3ccc(C)cc3)c2)cc1. The smallest absolute Gasteiger partial charge is 0.338 e. The first-order chi connectivity index (χ1) is 15.9. The van der Waals surface area contributed by atoms with Crippen LogP contribution in [0.15, 0.2) is 77.7 Å². The molecule has 0 aromatic heterocycles. The number of ether oxygens (including phenoxy) is 1. The molecule has 1 amide bonds. The Balaban J connectivity index is 1.48. The van der Waals surface area contributed by atoms with Crippen molar-refractivity contribution in [2.45, 2.75) is 18.7 Å². The first-order valence-corrected chi connectivity index (χ1v) is 11.8. The highest BCUT2D eigenvalue weighted by atomic mass is 32.2. The molecular formula is C25H25N3O3S2. The van der Waals surface area contributed by atoms with E-state index in [1.165, 1.54) is 17.3 Å². The van der Waals surface area contributed by atoms with Gasteiger partial charge in [0.2, 0.25) is 5.91 Å². The lowest BCUT2D eigenvalue weighted by molar-refractivity contribution is -0.113. The molecule has 0 saturated heterocycles. The Morgan fingerprint density at radius 1 is 0.879 bits per heavy atom. The third-order valence-corrected chi connectivity index (χ3v) is 5.65. The van der Waals surface area contributed by atoms with Crippen LogP contribution in [0.1, 0.15) is 22.8 Å². The summed E-state index contributed by atoms with van der Waals surface area (Å²) >= 11 is 6.81. The molecule has 0 aliphatic rings. The molecule has 0 spiro atoms. The van der Waals surface area contributed by atoms with E-state index in [9.17, 15) is 9.59 Å². The summed E-state index contributed by atoms with van der Waals surface area (Å²) in [6.07, 6.45) is 0. The number of carbonyl (C=O) groups is 2. The maximum atomic E-state index is 12.3. The molecular weight excluding hydrogens is 454 g/mol. The van der Waals surface area contributed by atoms with Gasteiger partial charge in [-0.1, -0.05) is 23.8 Å². The number of nitrogens with one attached hydrogen (secondary N) is 3. The highest BCUT2D eigenvalue weighted by Crippen LogP contribution is 2.22. The molecule has 6 nitrogen and oxygen atoms in total. The zero-order valence-corrected chi connectivity index (χ0v) is 20.0. The van der Waals surface area contributed by atoms with Gasteiger partial charge in [-0.2, -0.15) is 0 Å². The number of thioether (sulfide) groups is 1. The normalized spacial score (nSPS) is 10.2. The Labute approximate surface area is 203 Å². The second-order valence-corrected chi connectivity index (χ2v) is 8.56. The van der Waals surface area contributed by atoms with Crippen molar-refractivity contribution >= 4 is 58.0 Å². The Bertz CT molecular complexity index is 1120. The molecule has 8 heteroatoms. The number of carbonyl (C=O) groups excluding carboxylic acids is 2. The minimum atomic E-state index is -0.382. The van der Waals surface area contributed by atoms with Crippen molar-refractivity contribution in [3.63, 3.8) is 0 Å². The van der Waals surface area contributed by atoms with Gasteiger partial charge in [-0.15, -0.1) is 11.8 Å². The standard InChI is InChI=1S/C25H25N3O3S2/c1-3-31-24(30)18-9-13-19(14-10-18)26-23(29)16-33-22-6-4-5-21(15-22)28-25(32)27-20-11-7-17(2)8-12-20/h4-15H,3,16H2,1-2H3,(H,26,29)(H2,27,28,32). The molecule has 170 valence electrons. The highest BCUT2D eigenvalue weighted by molar-refractivity contribution is 8.00. The van der Waals surface area contributed by atoms with Crippen molar-refractivity contribution in [2.75, 3.05) is 28.3 Å². The summed E-state index contributed by atoms with van der Waals surface area (Å²) in [4.78, 5) is 25.0. The number of hydrogen-bond donors (Lipinski definition) is 3. The number of anilines is 3. The van der Waals surface area contributed by atoms with Crippen LogP contribution in [0.5, 0.6) is 0 Å². The number of hydrogen-bond acceptors (Lipinski definition) is 5. The highest BCUT2D eigenvalue weighted by Gasteiger charge is 2.08. The maximum Gasteiger partial charge on any atom is 0.338 e. The van der Waals surface area contributed by atoms with Gasteiger partial charge in [0, 0.05) is 22.0 Å². The average Bonchev–Trinajstić information content (AvgIpc) is 2.80. The molecule has 0 radical (unpaired) electrons. The summed E-state index contributed by atoms with van der Waals surface area (Å²) in [6.45, 7) is 4.11. The second-order valence-electron chi connectivity index (χ2n) is 7.11. The molecule has 0 saturated carbocycles. The van der Waals surface area contributed by atoms with Gasteiger partial charge >= 0.3 is 5.97 Å². The van der Waals surface area contributed by atoms with E-state index in [0.717, 1.165) is 16.3 Å². The quantitative estimate of drug-likeness (QED) is 0.217. The predicted molar refractivity (Wildman–Crippen MR) is 139 cm³/mol. The molecule has 3 aromatic carbocycles. The Morgan fingerprint density at radius 2 is 1.52 bits per heavy atom. The summed E-state index contributed by atoms with van der Waals surface area (Å²) in [5.74, 6) is -0.276. The van der Waals surface area contributed by atoms with E-state index in [0.29, 0.717) is 23.0 Å². The summed E-state index contributed by atoms with van der Waals surface area (Å²) in [5, 5.41) is 9.64. The Morgan fingerprint density at radius 3 is 2.21 bits per heavy atom. The second kappa shape index (κ2) is 12.0. The Kier molecular flexibility index (Phi) is 8.86. The molecule has 0 unspecified atom stereocenters. The summed E-state index contributed by atoms with van der Waals surface area (Å²) in [5.41, 5.74) is 4.00. The fraction of sp³-hybridized carbons (Fsp3) is 0.160. The molecule has 0 aliphatic carbocycles.